The lowest BCUT2D eigenvalue weighted by Crippen LogP contribution is -2.25. The summed E-state index contributed by atoms with van der Waals surface area (Å²) in [6, 6.07) is 4.07. The van der Waals surface area contributed by atoms with E-state index in [4.69, 9.17) is 4.74 Å². The second kappa shape index (κ2) is 6.43. The number of fused-ring (bicyclic) bond motifs is 3. The van der Waals surface area contributed by atoms with Crippen LogP contribution in [0.25, 0.3) is 0 Å². The Labute approximate surface area is 139 Å². The molecule has 1 aromatic carbocycles. The smallest absolute Gasteiger partial charge is 0.134 e. The highest BCUT2D eigenvalue weighted by Crippen LogP contribution is 2.51. The summed E-state index contributed by atoms with van der Waals surface area (Å²) in [6.07, 6.45) is 7.98. The van der Waals surface area contributed by atoms with Gasteiger partial charge in [-0.05, 0) is 49.8 Å². The molecule has 0 spiro atoms. The van der Waals surface area contributed by atoms with Crippen molar-refractivity contribution in [2.24, 2.45) is 5.92 Å². The first-order chi connectivity index (χ1) is 11.0. The van der Waals surface area contributed by atoms with Crippen LogP contribution in [0.2, 0.25) is 0 Å². The number of phenols is 1. The lowest BCUT2D eigenvalue weighted by atomic mass is 9.74. The molecule has 0 bridgehead atoms. The van der Waals surface area contributed by atoms with Gasteiger partial charge in [-0.25, -0.2) is 0 Å². The highest BCUT2D eigenvalue weighted by molar-refractivity contribution is 5.55. The van der Waals surface area contributed by atoms with Gasteiger partial charge in [0.1, 0.15) is 17.3 Å². The Balaban J connectivity index is 2.00. The molecule has 1 aliphatic heterocycles. The molecule has 1 aromatic rings. The SMILES string of the molecule is C=C1Oc2cc(C(C)CCCC)cc(O)c2[C@@H]2C=C(C)CC[C@@H]12. The molecule has 1 heterocycles. The molecule has 2 aliphatic rings. The highest BCUT2D eigenvalue weighted by atomic mass is 16.5. The normalized spacial score (nSPS) is 24.3. The molecule has 0 amide bonds. The van der Waals surface area contributed by atoms with Gasteiger partial charge in [0.2, 0.25) is 0 Å². The topological polar surface area (TPSA) is 29.5 Å². The monoisotopic (exact) mass is 312 g/mol. The number of hydrogen-bond acceptors (Lipinski definition) is 2. The highest BCUT2D eigenvalue weighted by Gasteiger charge is 2.37. The number of phenolic OH excluding ortho intramolecular Hbond substituents is 1. The Morgan fingerprint density at radius 2 is 2.17 bits per heavy atom. The first-order valence-electron chi connectivity index (χ1n) is 8.92. The third-order valence-electron chi connectivity index (χ3n) is 5.44. The van der Waals surface area contributed by atoms with E-state index >= 15 is 0 Å². The number of allylic oxidation sites excluding steroid dienone is 3. The molecular weight excluding hydrogens is 284 g/mol. The van der Waals surface area contributed by atoms with Crippen LogP contribution in [0.5, 0.6) is 11.5 Å². The summed E-state index contributed by atoms with van der Waals surface area (Å²) in [6.45, 7) is 10.8. The molecule has 3 atom stereocenters. The summed E-state index contributed by atoms with van der Waals surface area (Å²) in [4.78, 5) is 0. The van der Waals surface area contributed by atoms with Gasteiger partial charge in [0.15, 0.2) is 0 Å². The fourth-order valence-corrected chi connectivity index (χ4v) is 3.95. The fraction of sp³-hybridized carbons (Fsp3) is 0.524. The van der Waals surface area contributed by atoms with Crippen LogP contribution in [0.1, 0.15) is 75.8 Å². The summed E-state index contributed by atoms with van der Waals surface area (Å²) >= 11 is 0. The minimum atomic E-state index is 0.208. The van der Waals surface area contributed by atoms with Crippen LogP contribution in [0.3, 0.4) is 0 Å². The molecule has 3 rings (SSSR count). The fourth-order valence-electron chi connectivity index (χ4n) is 3.95. The molecule has 124 valence electrons. The Morgan fingerprint density at radius 1 is 1.39 bits per heavy atom. The van der Waals surface area contributed by atoms with Crippen LogP contribution in [0.15, 0.2) is 36.1 Å². The molecule has 1 aliphatic carbocycles. The van der Waals surface area contributed by atoms with Crippen LogP contribution in [0, 0.1) is 5.92 Å². The van der Waals surface area contributed by atoms with Crippen LogP contribution >= 0.6 is 0 Å². The Morgan fingerprint density at radius 3 is 2.91 bits per heavy atom. The molecule has 0 saturated heterocycles. The predicted molar refractivity (Wildman–Crippen MR) is 95.0 cm³/mol. The lowest BCUT2D eigenvalue weighted by Gasteiger charge is -2.37. The van der Waals surface area contributed by atoms with Crippen LogP contribution < -0.4 is 4.74 Å². The van der Waals surface area contributed by atoms with Gasteiger partial charge in [-0.1, -0.05) is 44.9 Å². The van der Waals surface area contributed by atoms with Crippen molar-refractivity contribution in [3.8, 4) is 11.5 Å². The molecule has 0 radical (unpaired) electrons. The van der Waals surface area contributed by atoms with E-state index in [1.165, 1.54) is 18.4 Å². The molecule has 0 saturated carbocycles. The Hall–Kier alpha value is -1.70. The standard InChI is InChI=1S/C21H28O2/c1-5-6-7-14(3)16-11-19(22)21-18-10-13(2)8-9-17(18)15(4)23-20(21)12-16/h10-12,14,17-18,22H,4-9H2,1-3H3/t14?,17-,18+/m0/s1. The van der Waals surface area contributed by atoms with Gasteiger partial charge in [0.25, 0.3) is 0 Å². The van der Waals surface area contributed by atoms with Gasteiger partial charge in [-0.2, -0.15) is 0 Å². The van der Waals surface area contributed by atoms with Crippen LogP contribution in [-0.2, 0) is 0 Å². The molecule has 2 nitrogen and oxygen atoms in total. The van der Waals surface area contributed by atoms with Gasteiger partial charge < -0.3 is 9.84 Å². The summed E-state index contributed by atoms with van der Waals surface area (Å²) in [5.41, 5.74) is 3.51. The largest absolute Gasteiger partial charge is 0.507 e. The summed E-state index contributed by atoms with van der Waals surface area (Å²) in [7, 11) is 0. The second-order valence-electron chi connectivity index (χ2n) is 7.25. The van der Waals surface area contributed by atoms with Crippen molar-refractivity contribution in [2.75, 3.05) is 0 Å². The number of aromatic hydroxyl groups is 1. The maximum absolute atomic E-state index is 10.7. The minimum Gasteiger partial charge on any atom is -0.507 e. The molecule has 23 heavy (non-hydrogen) atoms. The van der Waals surface area contributed by atoms with Crippen molar-refractivity contribution in [3.63, 3.8) is 0 Å². The van der Waals surface area contributed by atoms with Gasteiger partial charge in [0.05, 0.1) is 0 Å². The van der Waals surface area contributed by atoms with E-state index in [0.29, 0.717) is 17.6 Å². The van der Waals surface area contributed by atoms with E-state index in [1.54, 1.807) is 0 Å². The zero-order valence-electron chi connectivity index (χ0n) is 14.6. The van der Waals surface area contributed by atoms with Crippen molar-refractivity contribution < 1.29 is 9.84 Å². The summed E-state index contributed by atoms with van der Waals surface area (Å²) in [5, 5.41) is 10.7. The minimum absolute atomic E-state index is 0.208. The van der Waals surface area contributed by atoms with E-state index in [-0.39, 0.29) is 5.92 Å². The maximum atomic E-state index is 10.7. The Kier molecular flexibility index (Phi) is 4.52. The van der Waals surface area contributed by atoms with Crippen LogP contribution in [0.4, 0.5) is 0 Å². The van der Waals surface area contributed by atoms with Crippen molar-refractivity contribution in [2.45, 2.75) is 64.7 Å². The number of ether oxygens (including phenoxy) is 1. The third kappa shape index (κ3) is 3.04. The van der Waals surface area contributed by atoms with Crippen LogP contribution in [-0.4, -0.2) is 5.11 Å². The molecule has 0 fully saturated rings. The molecule has 1 unspecified atom stereocenters. The van der Waals surface area contributed by atoms with Crippen molar-refractivity contribution in [1.29, 1.82) is 0 Å². The number of hydrogen-bond donors (Lipinski definition) is 1. The average molecular weight is 312 g/mol. The van der Waals surface area contributed by atoms with E-state index in [9.17, 15) is 5.11 Å². The van der Waals surface area contributed by atoms with E-state index in [1.807, 2.05) is 6.07 Å². The predicted octanol–water partition coefficient (Wildman–Crippen LogP) is 6.03. The summed E-state index contributed by atoms with van der Waals surface area (Å²) in [5.74, 6) is 2.98. The Bertz CT molecular complexity index is 641. The quantitative estimate of drug-likeness (QED) is 0.688. The number of rotatable bonds is 4. The van der Waals surface area contributed by atoms with Gasteiger partial charge in [-0.3, -0.25) is 0 Å². The summed E-state index contributed by atoms with van der Waals surface area (Å²) < 4.78 is 6.03. The molecule has 2 heteroatoms. The van der Waals surface area contributed by atoms with Crippen molar-refractivity contribution in [1.82, 2.24) is 0 Å². The van der Waals surface area contributed by atoms with Gasteiger partial charge >= 0.3 is 0 Å². The first-order valence-corrected chi connectivity index (χ1v) is 8.92. The number of unbranched alkanes of at least 4 members (excludes halogenated alkanes) is 1. The molecule has 1 N–H and O–H groups in total. The molecular formula is C21H28O2. The maximum Gasteiger partial charge on any atom is 0.134 e. The number of benzene rings is 1. The van der Waals surface area contributed by atoms with Gasteiger partial charge in [-0.15, -0.1) is 0 Å². The zero-order valence-corrected chi connectivity index (χ0v) is 14.6. The van der Waals surface area contributed by atoms with Crippen molar-refractivity contribution >= 4 is 0 Å². The second-order valence-corrected chi connectivity index (χ2v) is 7.25. The molecule has 0 aromatic heterocycles. The van der Waals surface area contributed by atoms with Crippen molar-refractivity contribution in [3.05, 3.63) is 47.2 Å². The first kappa shape index (κ1) is 16.2. The third-order valence-corrected chi connectivity index (χ3v) is 5.44. The zero-order chi connectivity index (χ0) is 16.6. The average Bonchev–Trinajstić information content (AvgIpc) is 2.51. The van der Waals surface area contributed by atoms with E-state index in [2.05, 4.69) is 39.5 Å². The van der Waals surface area contributed by atoms with E-state index < -0.39 is 0 Å². The van der Waals surface area contributed by atoms with E-state index in [0.717, 1.165) is 41.9 Å². The lowest BCUT2D eigenvalue weighted by molar-refractivity contribution is 0.274. The van der Waals surface area contributed by atoms with Gasteiger partial charge in [0, 0.05) is 17.4 Å².